The number of benzene rings is 3. The quantitative estimate of drug-likeness (QED) is 0.0361. The summed E-state index contributed by atoms with van der Waals surface area (Å²) in [7, 11) is 0. The van der Waals surface area contributed by atoms with Crippen molar-refractivity contribution in [1.82, 2.24) is 30.9 Å². The van der Waals surface area contributed by atoms with Crippen molar-refractivity contribution in [3.8, 4) is 0 Å². The lowest BCUT2D eigenvalue weighted by atomic mass is 9.81. The van der Waals surface area contributed by atoms with E-state index in [0.29, 0.717) is 53.4 Å². The van der Waals surface area contributed by atoms with Gasteiger partial charge >= 0.3 is 0 Å². The predicted molar refractivity (Wildman–Crippen MR) is 335 cm³/mol. The Morgan fingerprint density at radius 2 is 0.705 bits per heavy atom. The van der Waals surface area contributed by atoms with E-state index in [4.69, 9.17) is 17.2 Å². The van der Waals surface area contributed by atoms with Crippen LogP contribution in [0.1, 0.15) is 147 Å². The van der Waals surface area contributed by atoms with Crippen LogP contribution in [0.25, 0.3) is 32.7 Å². The first-order valence-electron chi connectivity index (χ1n) is 28.4. The van der Waals surface area contributed by atoms with Gasteiger partial charge in [-0.3, -0.25) is 0 Å². The Labute approximate surface area is 472 Å². The Morgan fingerprint density at radius 3 is 0.949 bits per heavy atom. The van der Waals surface area contributed by atoms with Crippen LogP contribution in [0.3, 0.4) is 0 Å². The minimum absolute atomic E-state index is 0.586. The molecule has 3 fully saturated rings. The first-order chi connectivity index (χ1) is 38.2. The van der Waals surface area contributed by atoms with Gasteiger partial charge in [0.1, 0.15) is 17.5 Å². The van der Waals surface area contributed by atoms with Crippen molar-refractivity contribution in [2.75, 3.05) is 19.6 Å². The number of aliphatic imine (C=N–C) groups is 3. The van der Waals surface area contributed by atoms with Gasteiger partial charge in [0, 0.05) is 69.4 Å². The number of aromatic amines is 3. The van der Waals surface area contributed by atoms with E-state index in [2.05, 4.69) is 122 Å². The lowest BCUT2D eigenvalue weighted by Gasteiger charge is -2.28. The Balaban J connectivity index is 0.000000132. The van der Waals surface area contributed by atoms with Crippen LogP contribution in [0.4, 0.5) is 17.1 Å². The highest BCUT2D eigenvalue weighted by Gasteiger charge is 2.27. The maximum Gasteiger partial charge on any atom is 0.141 e. The summed E-state index contributed by atoms with van der Waals surface area (Å²) < 4.78 is 0. The summed E-state index contributed by atoms with van der Waals surface area (Å²) in [6.45, 7) is 9.77. The molecule has 0 atom stereocenters. The van der Waals surface area contributed by atoms with Crippen molar-refractivity contribution in [3.63, 3.8) is 0 Å². The molecule has 0 saturated heterocycles. The van der Waals surface area contributed by atoms with Crippen molar-refractivity contribution in [3.05, 3.63) is 157 Å². The molecule has 12 rings (SSSR count). The van der Waals surface area contributed by atoms with Gasteiger partial charge < -0.3 is 48.1 Å². The van der Waals surface area contributed by atoms with Crippen LogP contribution in [-0.2, 0) is 0 Å². The molecule has 12 nitrogen and oxygen atoms in total. The van der Waals surface area contributed by atoms with E-state index in [0.717, 1.165) is 51.3 Å². The van der Waals surface area contributed by atoms with Gasteiger partial charge in [0.05, 0.1) is 31.7 Å². The summed E-state index contributed by atoms with van der Waals surface area (Å²) in [6.07, 6.45) is 21.6. The number of fused-ring (bicyclic) bond motifs is 3. The topological polar surface area (TPSA) is 199 Å². The fourth-order valence-electron chi connectivity index (χ4n) is 12.2. The lowest BCUT2D eigenvalue weighted by Crippen LogP contribution is -2.32. The molecule has 0 spiro atoms. The maximum absolute atomic E-state index is 6.16. The monoisotopic (exact) mass is 1100 g/mol. The van der Waals surface area contributed by atoms with E-state index in [-0.39, 0.29) is 0 Å². The molecule has 15 heteroatoms. The molecule has 3 aliphatic rings. The van der Waals surface area contributed by atoms with Gasteiger partial charge in [0.25, 0.3) is 0 Å². The molecule has 9 aromatic rings. The van der Waals surface area contributed by atoms with Gasteiger partial charge in [-0.05, 0) is 220 Å². The first-order valence-corrected chi connectivity index (χ1v) is 31.0. The number of aromatic nitrogens is 3. The Morgan fingerprint density at radius 1 is 0.423 bits per heavy atom. The number of hydrogen-bond acceptors (Lipinski definition) is 9. The minimum atomic E-state index is 0.586. The SMILES string of the molecule is CCNC1CCC(c2c[nH]c3ccc(N=C(N)c4cccs4)cc23)CC1.CCNC1CCC(c2c[nH]c3ccc(N=C(N)c4cccs4)cc23)CC1.CCNC1CCC(c2c[nH]c3ccc(N=C(N)c4cccs4)cc23)CC1. The van der Waals surface area contributed by atoms with Crippen LogP contribution < -0.4 is 33.2 Å². The van der Waals surface area contributed by atoms with E-state index in [9.17, 15) is 0 Å². The Bertz CT molecular complexity index is 3020. The highest BCUT2D eigenvalue weighted by atomic mass is 32.1. The molecule has 78 heavy (non-hydrogen) atoms. The maximum atomic E-state index is 6.16. The van der Waals surface area contributed by atoms with Crippen molar-refractivity contribution < 1.29 is 0 Å². The summed E-state index contributed by atoms with van der Waals surface area (Å²) in [4.78, 5) is 27.3. The molecule has 3 aliphatic carbocycles. The minimum Gasteiger partial charge on any atom is -0.383 e. The van der Waals surface area contributed by atoms with Gasteiger partial charge in [-0.25, -0.2) is 15.0 Å². The third-order valence-corrected chi connectivity index (χ3v) is 18.8. The number of nitrogens with zero attached hydrogens (tertiary/aromatic N) is 3. The third-order valence-electron chi connectivity index (χ3n) is 16.1. The highest BCUT2D eigenvalue weighted by Crippen LogP contribution is 2.41. The normalized spacial score (nSPS) is 21.3. The average molecular weight is 1100 g/mol. The molecular weight excluding hydrogens is 1020 g/mol. The number of thiophene rings is 3. The van der Waals surface area contributed by atoms with Crippen LogP contribution in [0.5, 0.6) is 0 Å². The summed E-state index contributed by atoms with van der Waals surface area (Å²) in [5.74, 6) is 3.65. The largest absolute Gasteiger partial charge is 0.383 e. The molecular formula is C63H78N12S3. The molecule has 0 bridgehead atoms. The number of nitrogens with one attached hydrogen (secondary N) is 6. The van der Waals surface area contributed by atoms with Crippen LogP contribution in [0.2, 0.25) is 0 Å². The van der Waals surface area contributed by atoms with Crippen molar-refractivity contribution in [2.24, 2.45) is 32.2 Å². The molecule has 0 radical (unpaired) electrons. The van der Waals surface area contributed by atoms with Crippen molar-refractivity contribution in [1.29, 1.82) is 0 Å². The third kappa shape index (κ3) is 13.6. The highest BCUT2D eigenvalue weighted by molar-refractivity contribution is 7.12. The first kappa shape index (κ1) is 55.0. The summed E-state index contributed by atoms with van der Waals surface area (Å²) in [5, 5.41) is 20.7. The standard InChI is InChI=1S/3C21H26N4S/c3*1-2-23-15-7-5-14(6-8-15)18-13-24-19-10-9-16(12-17(18)19)25-21(22)20-4-3-11-26-20/h3*3-4,9-15,23-24H,2,5-8H2,1H3,(H2,22,25). The lowest BCUT2D eigenvalue weighted by molar-refractivity contribution is 0.349. The van der Waals surface area contributed by atoms with Crippen molar-refractivity contribution in [2.45, 2.75) is 134 Å². The van der Waals surface area contributed by atoms with Crippen LogP contribution in [0.15, 0.2) is 141 Å². The zero-order valence-electron chi connectivity index (χ0n) is 45.5. The molecule has 12 N–H and O–H groups in total. The van der Waals surface area contributed by atoms with E-state index >= 15 is 0 Å². The molecule has 3 saturated carbocycles. The van der Waals surface area contributed by atoms with E-state index in [1.807, 2.05) is 70.7 Å². The zero-order chi connectivity index (χ0) is 53.8. The molecule has 6 aromatic heterocycles. The smallest absolute Gasteiger partial charge is 0.141 e. The van der Waals surface area contributed by atoms with Crippen LogP contribution in [0, 0.1) is 0 Å². The molecule has 408 valence electrons. The predicted octanol–water partition coefficient (Wildman–Crippen LogP) is 14.7. The van der Waals surface area contributed by atoms with E-state index in [1.54, 1.807) is 34.0 Å². The van der Waals surface area contributed by atoms with Crippen LogP contribution >= 0.6 is 34.0 Å². The Hall–Kier alpha value is -6.33. The Kier molecular flexibility index (Phi) is 18.7. The second-order valence-electron chi connectivity index (χ2n) is 21.2. The van der Waals surface area contributed by atoms with Gasteiger partial charge in [-0.1, -0.05) is 39.0 Å². The second kappa shape index (κ2) is 26.5. The summed E-state index contributed by atoms with van der Waals surface area (Å²) in [5.41, 5.74) is 29.1. The fourth-order valence-corrected chi connectivity index (χ4v) is 14.0. The molecule has 6 heterocycles. The summed E-state index contributed by atoms with van der Waals surface area (Å²) >= 11 is 4.85. The van der Waals surface area contributed by atoms with Gasteiger partial charge in [0.15, 0.2) is 0 Å². The molecule has 0 aliphatic heterocycles. The molecule has 0 amide bonds. The van der Waals surface area contributed by atoms with Crippen LogP contribution in [-0.4, -0.2) is 70.2 Å². The van der Waals surface area contributed by atoms with Gasteiger partial charge in [-0.15, -0.1) is 34.0 Å². The second-order valence-corrected chi connectivity index (χ2v) is 24.0. The number of nitrogens with two attached hydrogens (primary N) is 3. The van der Waals surface area contributed by atoms with E-state index < -0.39 is 0 Å². The van der Waals surface area contributed by atoms with E-state index in [1.165, 1.54) is 126 Å². The molecule has 0 unspecified atom stereocenters. The number of H-pyrrole nitrogens is 3. The van der Waals surface area contributed by atoms with Gasteiger partial charge in [-0.2, -0.15) is 0 Å². The fraction of sp³-hybridized carbons (Fsp3) is 0.381. The van der Waals surface area contributed by atoms with Crippen molar-refractivity contribution >= 4 is 101 Å². The number of rotatable bonds is 15. The van der Waals surface area contributed by atoms with Gasteiger partial charge in [0.2, 0.25) is 0 Å². The average Bonchev–Trinajstić information content (AvgIpc) is 4.34. The molecule has 3 aromatic carbocycles. The number of amidine groups is 3. The summed E-state index contributed by atoms with van der Waals surface area (Å²) in [6, 6.07) is 33.1. The number of hydrogen-bond donors (Lipinski definition) is 9. The zero-order valence-corrected chi connectivity index (χ0v) is 47.9.